The third kappa shape index (κ3) is 3.83. The fraction of sp³-hybridized carbons (Fsp3) is 0.611. The Morgan fingerprint density at radius 3 is 2.52 bits per heavy atom. The Hall–Kier alpha value is -1.62. The number of amides is 1. The molecule has 0 bridgehead atoms. The van der Waals surface area contributed by atoms with Crippen LogP contribution in [0.15, 0.2) is 18.2 Å². The number of halogens is 1. The number of carbonyl (C=O) groups is 1. The normalized spacial score (nSPS) is 20.0. The molecule has 0 atom stereocenters. The van der Waals surface area contributed by atoms with Crippen molar-refractivity contribution in [3.05, 3.63) is 29.6 Å². The molecule has 0 unspecified atom stereocenters. The number of nitrogens with zero attached hydrogens (tertiary/aromatic N) is 2. The second-order valence-corrected chi connectivity index (χ2v) is 6.55. The molecule has 2 heterocycles. The van der Waals surface area contributed by atoms with Crippen LogP contribution in [0.2, 0.25) is 0 Å². The standard InChI is InChI=1S/C18H25FN2O2/c1-23-17-5-4-14(12-16(17)19)13-20-10-6-15(7-11-20)18(22)21-8-2-3-9-21/h4-5,12,15H,2-3,6-11,13H2,1H3. The van der Waals surface area contributed by atoms with E-state index in [1.807, 2.05) is 11.0 Å². The molecule has 2 saturated heterocycles. The van der Waals surface area contributed by atoms with E-state index >= 15 is 0 Å². The number of carbonyl (C=O) groups excluding carboxylic acids is 1. The van der Waals surface area contributed by atoms with Crippen molar-refractivity contribution in [1.82, 2.24) is 9.80 Å². The largest absolute Gasteiger partial charge is 0.494 e. The number of hydrogen-bond donors (Lipinski definition) is 0. The number of likely N-dealkylation sites (tertiary alicyclic amines) is 2. The molecule has 3 rings (SSSR count). The van der Waals surface area contributed by atoms with Crippen LogP contribution in [0.5, 0.6) is 5.75 Å². The Kier molecular flexibility index (Phi) is 5.16. The number of hydrogen-bond acceptors (Lipinski definition) is 3. The molecular formula is C18H25FN2O2. The molecule has 0 N–H and O–H groups in total. The summed E-state index contributed by atoms with van der Waals surface area (Å²) in [6.45, 7) is 4.40. The van der Waals surface area contributed by atoms with Gasteiger partial charge in [-0.05, 0) is 56.5 Å². The van der Waals surface area contributed by atoms with Crippen LogP contribution in [0.25, 0.3) is 0 Å². The lowest BCUT2D eigenvalue weighted by molar-refractivity contribution is -0.136. The minimum absolute atomic E-state index is 0.178. The van der Waals surface area contributed by atoms with Crippen molar-refractivity contribution in [1.29, 1.82) is 0 Å². The molecule has 23 heavy (non-hydrogen) atoms. The smallest absolute Gasteiger partial charge is 0.225 e. The quantitative estimate of drug-likeness (QED) is 0.855. The number of benzene rings is 1. The maximum absolute atomic E-state index is 13.8. The van der Waals surface area contributed by atoms with E-state index in [1.54, 1.807) is 12.1 Å². The molecule has 5 heteroatoms. The van der Waals surface area contributed by atoms with Gasteiger partial charge in [0.2, 0.25) is 5.91 Å². The predicted molar refractivity (Wildman–Crippen MR) is 86.8 cm³/mol. The summed E-state index contributed by atoms with van der Waals surface area (Å²) >= 11 is 0. The Morgan fingerprint density at radius 2 is 1.91 bits per heavy atom. The summed E-state index contributed by atoms with van der Waals surface area (Å²) in [4.78, 5) is 16.8. The van der Waals surface area contributed by atoms with Crippen LogP contribution < -0.4 is 4.74 Å². The highest BCUT2D eigenvalue weighted by molar-refractivity contribution is 5.79. The molecule has 2 aliphatic rings. The van der Waals surface area contributed by atoms with Gasteiger partial charge in [0.05, 0.1) is 7.11 Å². The molecule has 126 valence electrons. The molecule has 4 nitrogen and oxygen atoms in total. The average Bonchev–Trinajstić information content (AvgIpc) is 3.09. The van der Waals surface area contributed by atoms with E-state index in [9.17, 15) is 9.18 Å². The van der Waals surface area contributed by atoms with E-state index < -0.39 is 0 Å². The van der Waals surface area contributed by atoms with Gasteiger partial charge in [-0.2, -0.15) is 0 Å². The van der Waals surface area contributed by atoms with E-state index in [2.05, 4.69) is 4.90 Å². The Balaban J connectivity index is 1.51. The molecule has 0 radical (unpaired) electrons. The second kappa shape index (κ2) is 7.30. The van der Waals surface area contributed by atoms with Crippen LogP contribution in [0.1, 0.15) is 31.2 Å². The van der Waals surface area contributed by atoms with Crippen LogP contribution in [0.4, 0.5) is 4.39 Å². The Labute approximate surface area is 137 Å². The molecule has 0 aromatic heterocycles. The molecule has 1 aromatic carbocycles. The summed E-state index contributed by atoms with van der Waals surface area (Å²) in [7, 11) is 1.47. The zero-order valence-electron chi connectivity index (χ0n) is 13.8. The topological polar surface area (TPSA) is 32.8 Å². The number of rotatable bonds is 4. The van der Waals surface area contributed by atoms with E-state index in [0.717, 1.165) is 64.0 Å². The minimum atomic E-state index is -0.316. The molecule has 1 aromatic rings. The molecule has 2 fully saturated rings. The summed E-state index contributed by atoms with van der Waals surface area (Å²) in [6, 6.07) is 5.12. The van der Waals surface area contributed by atoms with Crippen molar-refractivity contribution >= 4 is 5.91 Å². The van der Waals surface area contributed by atoms with Gasteiger partial charge in [-0.3, -0.25) is 9.69 Å². The molecule has 0 spiro atoms. The summed E-state index contributed by atoms with van der Waals surface area (Å²) in [5.41, 5.74) is 0.951. The van der Waals surface area contributed by atoms with Gasteiger partial charge < -0.3 is 9.64 Å². The Morgan fingerprint density at radius 1 is 1.22 bits per heavy atom. The fourth-order valence-corrected chi connectivity index (χ4v) is 3.60. The number of ether oxygens (including phenoxy) is 1. The highest BCUT2D eigenvalue weighted by atomic mass is 19.1. The van der Waals surface area contributed by atoms with E-state index in [0.29, 0.717) is 5.91 Å². The summed E-state index contributed by atoms with van der Waals surface area (Å²) in [6.07, 6.45) is 4.11. The lowest BCUT2D eigenvalue weighted by atomic mass is 9.95. The lowest BCUT2D eigenvalue weighted by Gasteiger charge is -2.33. The first-order valence-corrected chi connectivity index (χ1v) is 8.51. The van der Waals surface area contributed by atoms with Crippen molar-refractivity contribution in [2.75, 3.05) is 33.3 Å². The molecule has 0 aliphatic carbocycles. The lowest BCUT2D eigenvalue weighted by Crippen LogP contribution is -2.41. The fourth-order valence-electron chi connectivity index (χ4n) is 3.60. The molecule has 1 amide bonds. The highest BCUT2D eigenvalue weighted by Gasteiger charge is 2.29. The third-order valence-electron chi connectivity index (χ3n) is 4.98. The van der Waals surface area contributed by atoms with Crippen LogP contribution >= 0.6 is 0 Å². The molecule has 2 aliphatic heterocycles. The van der Waals surface area contributed by atoms with Gasteiger partial charge in [0.1, 0.15) is 0 Å². The SMILES string of the molecule is COc1ccc(CN2CCC(C(=O)N3CCCC3)CC2)cc1F. The van der Waals surface area contributed by atoms with Crippen LogP contribution in [0, 0.1) is 11.7 Å². The van der Waals surface area contributed by atoms with Crippen molar-refractivity contribution in [3.63, 3.8) is 0 Å². The van der Waals surface area contributed by atoms with E-state index in [4.69, 9.17) is 4.74 Å². The maximum Gasteiger partial charge on any atom is 0.225 e. The summed E-state index contributed by atoms with van der Waals surface area (Å²) < 4.78 is 18.7. The zero-order valence-corrected chi connectivity index (χ0v) is 13.8. The minimum Gasteiger partial charge on any atom is -0.494 e. The second-order valence-electron chi connectivity index (χ2n) is 6.55. The predicted octanol–water partition coefficient (Wildman–Crippen LogP) is 2.67. The molecule has 0 saturated carbocycles. The van der Waals surface area contributed by atoms with Crippen LogP contribution in [-0.4, -0.2) is 49.0 Å². The van der Waals surface area contributed by atoms with Crippen molar-refractivity contribution in [2.24, 2.45) is 5.92 Å². The van der Waals surface area contributed by atoms with Crippen LogP contribution in [-0.2, 0) is 11.3 Å². The van der Waals surface area contributed by atoms with Gasteiger partial charge in [-0.25, -0.2) is 4.39 Å². The van der Waals surface area contributed by atoms with Crippen LogP contribution in [0.3, 0.4) is 0 Å². The summed E-state index contributed by atoms with van der Waals surface area (Å²) in [5, 5.41) is 0. The van der Waals surface area contributed by atoms with Gasteiger partial charge >= 0.3 is 0 Å². The van der Waals surface area contributed by atoms with Crippen molar-refractivity contribution in [2.45, 2.75) is 32.2 Å². The van der Waals surface area contributed by atoms with Crippen molar-refractivity contribution in [3.8, 4) is 5.75 Å². The summed E-state index contributed by atoms with van der Waals surface area (Å²) in [5.74, 6) is 0.488. The van der Waals surface area contributed by atoms with E-state index in [1.165, 1.54) is 7.11 Å². The first-order valence-electron chi connectivity index (χ1n) is 8.51. The highest BCUT2D eigenvalue weighted by Crippen LogP contribution is 2.24. The zero-order chi connectivity index (χ0) is 16.2. The van der Waals surface area contributed by atoms with Gasteiger partial charge in [-0.15, -0.1) is 0 Å². The molecular weight excluding hydrogens is 295 g/mol. The first kappa shape index (κ1) is 16.2. The van der Waals surface area contributed by atoms with Gasteiger partial charge in [0.25, 0.3) is 0 Å². The average molecular weight is 320 g/mol. The van der Waals surface area contributed by atoms with Gasteiger partial charge in [0, 0.05) is 25.6 Å². The number of methoxy groups -OCH3 is 1. The van der Waals surface area contributed by atoms with E-state index in [-0.39, 0.29) is 17.5 Å². The Bertz CT molecular complexity index is 550. The maximum atomic E-state index is 13.8. The third-order valence-corrected chi connectivity index (χ3v) is 4.98. The van der Waals surface area contributed by atoms with Crippen molar-refractivity contribution < 1.29 is 13.9 Å². The van der Waals surface area contributed by atoms with Gasteiger partial charge in [-0.1, -0.05) is 6.07 Å². The van der Waals surface area contributed by atoms with Gasteiger partial charge in [0.15, 0.2) is 11.6 Å². The monoisotopic (exact) mass is 320 g/mol. The first-order chi connectivity index (χ1) is 11.2. The number of piperidine rings is 1.